The molecule has 0 saturated heterocycles. The molecule has 0 nitrogen and oxygen atoms in total. The van der Waals surface area contributed by atoms with Crippen molar-refractivity contribution < 1.29 is 0 Å². The first kappa shape index (κ1) is 16.9. The Morgan fingerprint density at radius 1 is 0.818 bits per heavy atom. The van der Waals surface area contributed by atoms with Crippen LogP contribution in [0, 0.1) is 0 Å². The fourth-order valence-corrected chi connectivity index (χ4v) is 3.47. The fourth-order valence-electron chi connectivity index (χ4n) is 2.43. The van der Waals surface area contributed by atoms with Crippen molar-refractivity contribution in [2.24, 2.45) is 0 Å². The van der Waals surface area contributed by atoms with Gasteiger partial charge in [0.15, 0.2) is 0 Å². The second-order valence-corrected chi connectivity index (χ2v) is 6.80. The molecule has 0 aromatic heterocycles. The lowest BCUT2D eigenvalue weighted by Gasteiger charge is -2.08. The highest BCUT2D eigenvalue weighted by Crippen LogP contribution is 2.31. The Morgan fingerprint density at radius 2 is 1.45 bits per heavy atom. The Hall–Kier alpha value is -1.47. The summed E-state index contributed by atoms with van der Waals surface area (Å²) in [5.41, 5.74) is 1.30. The van der Waals surface area contributed by atoms with E-state index in [4.69, 9.17) is 0 Å². The van der Waals surface area contributed by atoms with Gasteiger partial charge in [0.05, 0.1) is 0 Å². The lowest BCUT2D eigenvalue weighted by Crippen LogP contribution is -1.83. The number of benzene rings is 2. The summed E-state index contributed by atoms with van der Waals surface area (Å²) in [5, 5.41) is 0. The van der Waals surface area contributed by atoms with E-state index in [0.29, 0.717) is 0 Å². The number of unbranched alkanes of at least 4 members (excludes halogenated alkanes) is 4. The van der Waals surface area contributed by atoms with E-state index in [2.05, 4.69) is 73.7 Å². The van der Waals surface area contributed by atoms with Crippen molar-refractivity contribution in [1.29, 1.82) is 0 Å². The maximum atomic E-state index is 2.34. The van der Waals surface area contributed by atoms with Crippen LogP contribution in [-0.4, -0.2) is 0 Å². The van der Waals surface area contributed by atoms with Gasteiger partial charge in [0.1, 0.15) is 0 Å². The topological polar surface area (TPSA) is 0 Å². The Morgan fingerprint density at radius 3 is 2.14 bits per heavy atom. The largest absolute Gasteiger partial charge is 0.0945 e. The van der Waals surface area contributed by atoms with Crippen molar-refractivity contribution in [3.8, 4) is 0 Å². The molecule has 0 heterocycles. The van der Waals surface area contributed by atoms with Crippen molar-refractivity contribution in [3.63, 3.8) is 0 Å². The minimum absolute atomic E-state index is 1.18. The van der Waals surface area contributed by atoms with Crippen LogP contribution in [0.25, 0.3) is 6.08 Å². The van der Waals surface area contributed by atoms with E-state index in [9.17, 15) is 0 Å². The molecule has 0 saturated carbocycles. The molecule has 2 aromatic rings. The first-order valence-corrected chi connectivity index (χ1v) is 9.18. The van der Waals surface area contributed by atoms with Crippen LogP contribution in [0.1, 0.15) is 51.0 Å². The molecule has 0 spiro atoms. The van der Waals surface area contributed by atoms with E-state index in [0.717, 1.165) is 0 Å². The molecule has 0 bridgehead atoms. The van der Waals surface area contributed by atoms with E-state index in [-0.39, 0.29) is 0 Å². The molecule has 116 valence electrons. The van der Waals surface area contributed by atoms with Gasteiger partial charge in [0, 0.05) is 4.90 Å². The number of allylic oxidation sites excluding steroid dienone is 1. The zero-order chi connectivity index (χ0) is 15.5. The number of hydrogen-bond donors (Lipinski definition) is 0. The van der Waals surface area contributed by atoms with Gasteiger partial charge in [-0.1, -0.05) is 92.9 Å². The highest BCUT2D eigenvalue weighted by molar-refractivity contribution is 8.03. The molecule has 2 aromatic carbocycles. The van der Waals surface area contributed by atoms with Crippen molar-refractivity contribution in [2.45, 2.75) is 50.3 Å². The maximum Gasteiger partial charge on any atom is 0.0119 e. The fraction of sp³-hybridized carbons (Fsp3) is 0.333. The Labute approximate surface area is 139 Å². The summed E-state index contributed by atoms with van der Waals surface area (Å²) in [6, 6.07) is 21.4. The van der Waals surface area contributed by atoms with E-state index in [1.54, 1.807) is 0 Å². The Balaban J connectivity index is 1.99. The SMILES string of the molecule is CCCCCCCC(=Cc1ccccc1)Sc1ccccc1. The zero-order valence-electron chi connectivity index (χ0n) is 13.5. The standard InChI is InChI=1S/C21H26S/c1-2-3-4-5-10-17-21(18-19-13-8-6-9-14-19)22-20-15-11-7-12-16-20/h6-9,11-16,18H,2-5,10,17H2,1H3. The van der Waals surface area contributed by atoms with Crippen LogP contribution in [0.3, 0.4) is 0 Å². The van der Waals surface area contributed by atoms with E-state index in [1.807, 2.05) is 11.8 Å². The van der Waals surface area contributed by atoms with Crippen LogP contribution in [0.15, 0.2) is 70.5 Å². The molecule has 0 aliphatic heterocycles. The molecule has 0 radical (unpaired) electrons. The van der Waals surface area contributed by atoms with Gasteiger partial charge in [0.25, 0.3) is 0 Å². The third-order valence-electron chi connectivity index (χ3n) is 3.65. The molecule has 0 unspecified atom stereocenters. The molecular formula is C21H26S. The van der Waals surface area contributed by atoms with Gasteiger partial charge in [-0.15, -0.1) is 0 Å². The van der Waals surface area contributed by atoms with Crippen molar-refractivity contribution in [3.05, 3.63) is 71.1 Å². The predicted molar refractivity (Wildman–Crippen MR) is 100 cm³/mol. The smallest absolute Gasteiger partial charge is 0.0119 e. The first-order valence-electron chi connectivity index (χ1n) is 8.37. The lowest BCUT2D eigenvalue weighted by atomic mass is 10.1. The molecule has 1 heteroatoms. The quantitative estimate of drug-likeness (QED) is 0.349. The summed E-state index contributed by atoms with van der Waals surface area (Å²) in [6.45, 7) is 2.27. The molecule has 0 aliphatic rings. The minimum atomic E-state index is 1.18. The van der Waals surface area contributed by atoms with Gasteiger partial charge in [0.2, 0.25) is 0 Å². The van der Waals surface area contributed by atoms with E-state index < -0.39 is 0 Å². The Bertz CT molecular complexity index is 543. The molecule has 22 heavy (non-hydrogen) atoms. The second kappa shape index (κ2) is 10.3. The summed E-state index contributed by atoms with van der Waals surface area (Å²) in [4.78, 5) is 2.80. The molecule has 0 fully saturated rings. The van der Waals surface area contributed by atoms with Gasteiger partial charge in [-0.25, -0.2) is 0 Å². The summed E-state index contributed by atoms with van der Waals surface area (Å²) in [6.07, 6.45) is 10.2. The number of hydrogen-bond acceptors (Lipinski definition) is 1. The van der Waals surface area contributed by atoms with Crippen LogP contribution in [-0.2, 0) is 0 Å². The van der Waals surface area contributed by atoms with Crippen LogP contribution >= 0.6 is 11.8 Å². The monoisotopic (exact) mass is 310 g/mol. The third-order valence-corrected chi connectivity index (χ3v) is 4.74. The number of thioether (sulfide) groups is 1. The van der Waals surface area contributed by atoms with Crippen molar-refractivity contribution >= 4 is 17.8 Å². The van der Waals surface area contributed by atoms with Crippen molar-refractivity contribution in [2.75, 3.05) is 0 Å². The first-order chi connectivity index (χ1) is 10.9. The van der Waals surface area contributed by atoms with Crippen molar-refractivity contribution in [1.82, 2.24) is 0 Å². The summed E-state index contributed by atoms with van der Waals surface area (Å²) in [5.74, 6) is 0. The van der Waals surface area contributed by atoms with E-state index in [1.165, 1.54) is 53.9 Å². The average molecular weight is 311 g/mol. The van der Waals surface area contributed by atoms with Gasteiger partial charge in [-0.05, 0) is 41.5 Å². The maximum absolute atomic E-state index is 2.34. The molecule has 0 N–H and O–H groups in total. The summed E-state index contributed by atoms with van der Waals surface area (Å²) in [7, 11) is 0. The average Bonchev–Trinajstić information content (AvgIpc) is 2.56. The highest BCUT2D eigenvalue weighted by Gasteiger charge is 2.02. The molecule has 0 amide bonds. The minimum Gasteiger partial charge on any atom is -0.0945 e. The van der Waals surface area contributed by atoms with Gasteiger partial charge in [-0.3, -0.25) is 0 Å². The molecule has 2 rings (SSSR count). The third kappa shape index (κ3) is 6.53. The van der Waals surface area contributed by atoms with Gasteiger partial charge < -0.3 is 0 Å². The summed E-state index contributed by atoms with van der Waals surface area (Å²) < 4.78 is 0. The summed E-state index contributed by atoms with van der Waals surface area (Å²) >= 11 is 1.91. The number of rotatable bonds is 9. The predicted octanol–water partition coefficient (Wildman–Crippen LogP) is 7.18. The molecular weight excluding hydrogens is 284 g/mol. The van der Waals surface area contributed by atoms with Crippen LogP contribution in [0.4, 0.5) is 0 Å². The molecule has 0 atom stereocenters. The normalized spacial score (nSPS) is 11.6. The Kier molecular flexibility index (Phi) is 7.90. The van der Waals surface area contributed by atoms with Crippen LogP contribution in [0.2, 0.25) is 0 Å². The van der Waals surface area contributed by atoms with Gasteiger partial charge >= 0.3 is 0 Å². The lowest BCUT2D eigenvalue weighted by molar-refractivity contribution is 0.636. The van der Waals surface area contributed by atoms with Crippen LogP contribution in [0.5, 0.6) is 0 Å². The zero-order valence-corrected chi connectivity index (χ0v) is 14.3. The second-order valence-electron chi connectivity index (χ2n) is 5.60. The highest BCUT2D eigenvalue weighted by atomic mass is 32.2. The van der Waals surface area contributed by atoms with E-state index >= 15 is 0 Å². The van der Waals surface area contributed by atoms with Gasteiger partial charge in [-0.2, -0.15) is 0 Å². The molecule has 0 aliphatic carbocycles. The van der Waals surface area contributed by atoms with Crippen LogP contribution < -0.4 is 0 Å².